The zero-order valence-corrected chi connectivity index (χ0v) is 11.7. The van der Waals surface area contributed by atoms with Gasteiger partial charge in [0, 0.05) is 0 Å². The van der Waals surface area contributed by atoms with Gasteiger partial charge in [0.2, 0.25) is 0 Å². The highest BCUT2D eigenvalue weighted by atomic mass is 28.3. The Hall–Kier alpha value is -0.346. The van der Waals surface area contributed by atoms with E-state index in [2.05, 4.69) is 50.5 Å². The summed E-state index contributed by atoms with van der Waals surface area (Å²) in [6.07, 6.45) is 0. The van der Waals surface area contributed by atoms with Crippen molar-refractivity contribution < 1.29 is 0 Å². The molecule has 0 aromatic heterocycles. The van der Waals surface area contributed by atoms with Crippen LogP contribution >= 0.6 is 0 Å². The molecule has 14 heavy (non-hydrogen) atoms. The summed E-state index contributed by atoms with van der Waals surface area (Å²) >= 11 is 0. The van der Waals surface area contributed by atoms with Gasteiger partial charge in [-0.1, -0.05) is 72.9 Å². The summed E-state index contributed by atoms with van der Waals surface area (Å²) in [4.78, 5) is 0. The fourth-order valence-corrected chi connectivity index (χ4v) is 12.8. The molecule has 0 aliphatic carbocycles. The van der Waals surface area contributed by atoms with E-state index in [0.717, 1.165) is 0 Å². The number of hydrogen-bond acceptors (Lipinski definition) is 0. The number of benzene rings is 1. The Kier molecular flexibility index (Phi) is 2.23. The molecule has 1 heterocycles. The minimum absolute atomic E-state index is 1.07. The molecule has 1 aromatic carbocycles. The summed E-state index contributed by atoms with van der Waals surface area (Å²) in [6.45, 7) is 10.1. The van der Waals surface area contributed by atoms with Crippen LogP contribution in [-0.2, 0) is 0 Å². The van der Waals surface area contributed by atoms with E-state index in [1.165, 1.54) is 12.1 Å². The van der Waals surface area contributed by atoms with E-state index < -0.39 is 16.1 Å². The van der Waals surface area contributed by atoms with E-state index in [9.17, 15) is 0 Å². The van der Waals surface area contributed by atoms with Crippen molar-refractivity contribution in [1.82, 2.24) is 0 Å². The lowest BCUT2D eigenvalue weighted by Gasteiger charge is -2.39. The second-order valence-electron chi connectivity index (χ2n) is 5.81. The lowest BCUT2D eigenvalue weighted by molar-refractivity contribution is 1.28. The smallest absolute Gasteiger partial charge is 0.0654 e. The summed E-state index contributed by atoms with van der Waals surface area (Å²) in [5, 5.41) is 3.51. The highest BCUT2D eigenvalue weighted by Gasteiger charge is 2.38. The van der Waals surface area contributed by atoms with Gasteiger partial charge in [0.1, 0.15) is 0 Å². The third kappa shape index (κ3) is 1.50. The quantitative estimate of drug-likeness (QED) is 0.590. The largest absolute Gasteiger partial charge is 0.0802 e. The maximum Gasteiger partial charge on any atom is 0.0802 e. The maximum atomic E-state index is 2.52. The van der Waals surface area contributed by atoms with Gasteiger partial charge < -0.3 is 0 Å². The third-order valence-corrected chi connectivity index (χ3v) is 11.3. The molecule has 1 aromatic rings. The molecule has 0 amide bonds. The molecule has 2 rings (SSSR count). The molecule has 0 unspecified atom stereocenters. The lowest BCUT2D eigenvalue weighted by Crippen LogP contribution is -2.63. The molecule has 0 fully saturated rings. The zero-order valence-electron chi connectivity index (χ0n) is 9.72. The predicted octanol–water partition coefficient (Wildman–Crippen LogP) is 2.53. The Morgan fingerprint density at radius 2 is 1.14 bits per heavy atom. The Morgan fingerprint density at radius 1 is 0.786 bits per heavy atom. The van der Waals surface area contributed by atoms with Crippen LogP contribution in [0.4, 0.5) is 0 Å². The Labute approximate surface area is 89.4 Å². The van der Waals surface area contributed by atoms with E-state index in [-0.39, 0.29) is 0 Å². The summed E-state index contributed by atoms with van der Waals surface area (Å²) in [5.41, 5.74) is 0. The highest BCUT2D eigenvalue weighted by Crippen LogP contribution is 2.25. The van der Waals surface area contributed by atoms with Gasteiger partial charge in [0.15, 0.2) is 0 Å². The zero-order chi connectivity index (χ0) is 10.4. The van der Waals surface area contributed by atoms with E-state index in [1.54, 1.807) is 10.4 Å². The molecular weight excluding hydrogens is 200 g/mol. The van der Waals surface area contributed by atoms with Crippen molar-refractivity contribution in [3.05, 3.63) is 24.3 Å². The van der Waals surface area contributed by atoms with Gasteiger partial charge >= 0.3 is 0 Å². The second kappa shape index (κ2) is 3.07. The van der Waals surface area contributed by atoms with Crippen LogP contribution in [0.3, 0.4) is 0 Å². The molecule has 0 saturated carbocycles. The number of rotatable bonds is 0. The van der Waals surface area contributed by atoms with Crippen molar-refractivity contribution in [2.45, 2.75) is 38.3 Å². The molecular formula is C12H20Si2. The van der Waals surface area contributed by atoms with E-state index in [1.807, 2.05) is 0 Å². The van der Waals surface area contributed by atoms with Gasteiger partial charge in [-0.15, -0.1) is 0 Å². The average Bonchev–Trinajstić information content (AvgIpc) is 2.14. The topological polar surface area (TPSA) is 0 Å². The third-order valence-electron chi connectivity index (χ3n) is 3.76. The normalized spacial score (nSPS) is 22.9. The Balaban J connectivity index is 2.61. The molecule has 1 aliphatic heterocycles. The predicted molar refractivity (Wildman–Crippen MR) is 70.3 cm³/mol. The van der Waals surface area contributed by atoms with Crippen LogP contribution in [0.2, 0.25) is 38.3 Å². The molecule has 0 spiro atoms. The van der Waals surface area contributed by atoms with Gasteiger partial charge in [-0.05, 0) is 0 Å². The average molecular weight is 220 g/mol. The van der Waals surface area contributed by atoms with Crippen molar-refractivity contribution in [2.75, 3.05) is 0 Å². The SMILES string of the molecule is C[Si]1(C)CC[Si](C)(C)c2ccccc21. The van der Waals surface area contributed by atoms with E-state index in [0.29, 0.717) is 0 Å². The summed E-state index contributed by atoms with van der Waals surface area (Å²) in [6, 6.07) is 12.3. The van der Waals surface area contributed by atoms with Crippen LogP contribution in [-0.4, -0.2) is 16.1 Å². The first kappa shape index (κ1) is 10.2. The van der Waals surface area contributed by atoms with Gasteiger partial charge in [-0.2, -0.15) is 0 Å². The fraction of sp³-hybridized carbons (Fsp3) is 0.500. The first-order valence-corrected chi connectivity index (χ1v) is 11.9. The lowest BCUT2D eigenvalue weighted by atomic mass is 10.4. The number of hydrogen-bond donors (Lipinski definition) is 0. The van der Waals surface area contributed by atoms with Gasteiger partial charge in [0.25, 0.3) is 0 Å². The molecule has 1 aliphatic rings. The van der Waals surface area contributed by atoms with Crippen LogP contribution < -0.4 is 10.4 Å². The molecule has 0 bridgehead atoms. The monoisotopic (exact) mass is 220 g/mol. The summed E-state index contributed by atoms with van der Waals surface area (Å²) < 4.78 is 0. The molecule has 0 radical (unpaired) electrons. The molecule has 0 atom stereocenters. The minimum Gasteiger partial charge on any atom is -0.0654 e. The van der Waals surface area contributed by atoms with E-state index in [4.69, 9.17) is 0 Å². The molecule has 0 saturated heterocycles. The highest BCUT2D eigenvalue weighted by molar-refractivity contribution is 7.03. The van der Waals surface area contributed by atoms with Gasteiger partial charge in [-0.3, -0.25) is 0 Å². The first-order chi connectivity index (χ1) is 6.43. The van der Waals surface area contributed by atoms with Crippen molar-refractivity contribution in [2.24, 2.45) is 0 Å². The van der Waals surface area contributed by atoms with Crippen molar-refractivity contribution in [3.63, 3.8) is 0 Å². The minimum atomic E-state index is -1.07. The number of fused-ring (bicyclic) bond motifs is 1. The Morgan fingerprint density at radius 3 is 1.50 bits per heavy atom. The van der Waals surface area contributed by atoms with Crippen LogP contribution in [0.5, 0.6) is 0 Å². The fourth-order valence-electron chi connectivity index (χ4n) is 2.56. The van der Waals surface area contributed by atoms with E-state index >= 15 is 0 Å². The van der Waals surface area contributed by atoms with Gasteiger partial charge in [-0.25, -0.2) is 0 Å². The van der Waals surface area contributed by atoms with Crippen molar-refractivity contribution in [1.29, 1.82) is 0 Å². The maximum absolute atomic E-state index is 2.52. The summed E-state index contributed by atoms with van der Waals surface area (Å²) in [5.74, 6) is 0. The summed E-state index contributed by atoms with van der Waals surface area (Å²) in [7, 11) is -2.13. The first-order valence-electron chi connectivity index (χ1n) is 5.53. The van der Waals surface area contributed by atoms with Crippen molar-refractivity contribution >= 4 is 26.5 Å². The van der Waals surface area contributed by atoms with Gasteiger partial charge in [0.05, 0.1) is 16.1 Å². The van der Waals surface area contributed by atoms with Crippen LogP contribution in [0.1, 0.15) is 0 Å². The molecule has 76 valence electrons. The van der Waals surface area contributed by atoms with Crippen LogP contribution in [0.25, 0.3) is 0 Å². The standard InChI is InChI=1S/C12H20Si2/c1-13(2)9-10-14(3,4)12-8-6-5-7-11(12)13/h5-8H,9-10H2,1-4H3. The molecule has 0 N–H and O–H groups in total. The Bertz CT molecular complexity index is 318. The van der Waals surface area contributed by atoms with Crippen LogP contribution in [0, 0.1) is 0 Å². The van der Waals surface area contributed by atoms with Crippen LogP contribution in [0.15, 0.2) is 24.3 Å². The molecule has 0 nitrogen and oxygen atoms in total. The second-order valence-corrected chi connectivity index (χ2v) is 15.4. The molecule has 2 heteroatoms. The van der Waals surface area contributed by atoms with Crippen molar-refractivity contribution in [3.8, 4) is 0 Å².